The monoisotopic (exact) mass is 306 g/mol. The molecule has 1 heterocycles. The second kappa shape index (κ2) is 5.20. The Morgan fingerprint density at radius 3 is 2.35 bits per heavy atom. The van der Waals surface area contributed by atoms with Crippen molar-refractivity contribution in [3.05, 3.63) is 21.9 Å². The Hall–Kier alpha value is -0.850. The van der Waals surface area contributed by atoms with E-state index in [0.29, 0.717) is 29.0 Å². The number of halogens is 2. The van der Waals surface area contributed by atoms with Crippen LogP contribution in [0.3, 0.4) is 0 Å². The third-order valence-corrected chi connectivity index (χ3v) is 3.03. The zero-order valence-corrected chi connectivity index (χ0v) is 11.0. The lowest BCUT2D eigenvalue weighted by molar-refractivity contribution is -0.0467. The van der Waals surface area contributed by atoms with E-state index in [-0.39, 0.29) is 5.75 Å². The van der Waals surface area contributed by atoms with Gasteiger partial charge in [-0.2, -0.15) is 0 Å². The zero-order valence-electron chi connectivity index (χ0n) is 9.46. The molecule has 1 aliphatic rings. The molecule has 4 nitrogen and oxygen atoms in total. The van der Waals surface area contributed by atoms with Crippen LogP contribution in [0.5, 0.6) is 11.5 Å². The SMILES string of the molecule is COc1c(Br)cc(C2OCCO2)c(F)c1OC. The fraction of sp³-hybridized carbons (Fsp3) is 0.455. The molecule has 0 atom stereocenters. The summed E-state index contributed by atoms with van der Waals surface area (Å²) < 4.78 is 35.4. The second-order valence-electron chi connectivity index (χ2n) is 3.40. The summed E-state index contributed by atoms with van der Waals surface area (Å²) in [5.41, 5.74) is 0.298. The van der Waals surface area contributed by atoms with Crippen molar-refractivity contribution in [3.63, 3.8) is 0 Å². The highest BCUT2D eigenvalue weighted by atomic mass is 79.9. The Bertz CT molecular complexity index is 418. The summed E-state index contributed by atoms with van der Waals surface area (Å²) in [6.07, 6.45) is -0.689. The van der Waals surface area contributed by atoms with Crippen LogP contribution in [0, 0.1) is 5.82 Å². The number of benzene rings is 1. The van der Waals surface area contributed by atoms with Crippen LogP contribution in [0.1, 0.15) is 11.9 Å². The maximum absolute atomic E-state index is 14.2. The molecule has 1 aliphatic heterocycles. The molecular formula is C11H12BrFO4. The van der Waals surface area contributed by atoms with Gasteiger partial charge in [0.15, 0.2) is 23.6 Å². The third-order valence-electron chi connectivity index (χ3n) is 2.44. The first-order chi connectivity index (χ1) is 8.19. The van der Waals surface area contributed by atoms with Gasteiger partial charge in [0.05, 0.1) is 31.9 Å². The predicted molar refractivity (Wildman–Crippen MR) is 61.8 cm³/mol. The van der Waals surface area contributed by atoms with Gasteiger partial charge in [0.2, 0.25) is 0 Å². The highest BCUT2D eigenvalue weighted by Crippen LogP contribution is 2.42. The Morgan fingerprint density at radius 1 is 1.24 bits per heavy atom. The van der Waals surface area contributed by atoms with Crippen LogP contribution >= 0.6 is 15.9 Å². The maximum atomic E-state index is 14.2. The lowest BCUT2D eigenvalue weighted by Gasteiger charge is -2.16. The molecule has 6 heteroatoms. The molecule has 0 unspecified atom stereocenters. The fourth-order valence-electron chi connectivity index (χ4n) is 1.69. The molecular weight excluding hydrogens is 295 g/mol. The average molecular weight is 307 g/mol. The molecule has 1 aromatic rings. The van der Waals surface area contributed by atoms with Gasteiger partial charge in [0, 0.05) is 5.56 Å². The summed E-state index contributed by atoms with van der Waals surface area (Å²) in [6, 6.07) is 1.58. The van der Waals surface area contributed by atoms with Gasteiger partial charge >= 0.3 is 0 Å². The van der Waals surface area contributed by atoms with E-state index in [4.69, 9.17) is 18.9 Å². The molecule has 0 aromatic heterocycles. The van der Waals surface area contributed by atoms with Gasteiger partial charge in [-0.05, 0) is 22.0 Å². The van der Waals surface area contributed by atoms with E-state index in [1.54, 1.807) is 6.07 Å². The quantitative estimate of drug-likeness (QED) is 0.860. The van der Waals surface area contributed by atoms with Crippen molar-refractivity contribution in [2.45, 2.75) is 6.29 Å². The topological polar surface area (TPSA) is 36.9 Å². The van der Waals surface area contributed by atoms with Gasteiger partial charge in [0.1, 0.15) is 0 Å². The number of ether oxygens (including phenoxy) is 4. The van der Waals surface area contributed by atoms with Crippen molar-refractivity contribution < 1.29 is 23.3 Å². The van der Waals surface area contributed by atoms with Gasteiger partial charge in [-0.3, -0.25) is 0 Å². The van der Waals surface area contributed by atoms with Crippen molar-refractivity contribution in [2.24, 2.45) is 0 Å². The molecule has 0 saturated carbocycles. The summed E-state index contributed by atoms with van der Waals surface area (Å²) >= 11 is 3.30. The molecule has 17 heavy (non-hydrogen) atoms. The van der Waals surface area contributed by atoms with Gasteiger partial charge in [-0.25, -0.2) is 4.39 Å². The molecule has 1 aromatic carbocycles. The number of hydrogen-bond donors (Lipinski definition) is 0. The maximum Gasteiger partial charge on any atom is 0.198 e. The van der Waals surface area contributed by atoms with Crippen molar-refractivity contribution in [1.29, 1.82) is 0 Å². The van der Waals surface area contributed by atoms with Crippen molar-refractivity contribution in [2.75, 3.05) is 27.4 Å². The summed E-state index contributed by atoms with van der Waals surface area (Å²) in [5.74, 6) is -0.179. The number of rotatable bonds is 3. The molecule has 1 fully saturated rings. The van der Waals surface area contributed by atoms with Crippen LogP contribution < -0.4 is 9.47 Å². The van der Waals surface area contributed by atoms with Crippen LogP contribution in [-0.4, -0.2) is 27.4 Å². The molecule has 0 radical (unpaired) electrons. The van der Waals surface area contributed by atoms with Gasteiger partial charge in [-0.15, -0.1) is 0 Å². The summed E-state index contributed by atoms with van der Waals surface area (Å²) in [4.78, 5) is 0. The van der Waals surface area contributed by atoms with Crippen LogP contribution in [0.4, 0.5) is 4.39 Å². The minimum Gasteiger partial charge on any atom is -0.492 e. The van der Waals surface area contributed by atoms with Crippen molar-refractivity contribution in [3.8, 4) is 11.5 Å². The second-order valence-corrected chi connectivity index (χ2v) is 4.26. The van der Waals surface area contributed by atoms with E-state index >= 15 is 0 Å². The van der Waals surface area contributed by atoms with E-state index < -0.39 is 12.1 Å². The van der Waals surface area contributed by atoms with E-state index in [9.17, 15) is 4.39 Å². The Balaban J connectivity index is 2.50. The van der Waals surface area contributed by atoms with Gasteiger partial charge in [-0.1, -0.05) is 0 Å². The normalized spacial score (nSPS) is 16.2. The molecule has 0 aliphatic carbocycles. The lowest BCUT2D eigenvalue weighted by Crippen LogP contribution is -2.05. The predicted octanol–water partition coefficient (Wildman–Crippen LogP) is 2.65. The van der Waals surface area contributed by atoms with E-state index in [2.05, 4.69) is 15.9 Å². The van der Waals surface area contributed by atoms with Crippen LogP contribution in [-0.2, 0) is 9.47 Å². The molecule has 0 N–H and O–H groups in total. The molecule has 0 bridgehead atoms. The van der Waals surface area contributed by atoms with Crippen LogP contribution in [0.15, 0.2) is 10.5 Å². The summed E-state index contributed by atoms with van der Waals surface area (Å²) in [5, 5.41) is 0. The van der Waals surface area contributed by atoms with Crippen molar-refractivity contribution >= 4 is 15.9 Å². The largest absolute Gasteiger partial charge is 0.492 e. The van der Waals surface area contributed by atoms with Crippen molar-refractivity contribution in [1.82, 2.24) is 0 Å². The average Bonchev–Trinajstić information content (AvgIpc) is 2.84. The smallest absolute Gasteiger partial charge is 0.198 e. The Labute approximate surface area is 107 Å². The highest BCUT2D eigenvalue weighted by molar-refractivity contribution is 9.10. The minimum atomic E-state index is -0.689. The first-order valence-electron chi connectivity index (χ1n) is 5.02. The third kappa shape index (κ3) is 2.25. The lowest BCUT2D eigenvalue weighted by atomic mass is 10.1. The first kappa shape index (κ1) is 12.6. The van der Waals surface area contributed by atoms with Gasteiger partial charge in [0.25, 0.3) is 0 Å². The zero-order chi connectivity index (χ0) is 12.4. The minimum absolute atomic E-state index is 0.0379. The fourth-order valence-corrected chi connectivity index (χ4v) is 2.28. The van der Waals surface area contributed by atoms with Gasteiger partial charge < -0.3 is 18.9 Å². The highest BCUT2D eigenvalue weighted by Gasteiger charge is 2.27. The van der Waals surface area contributed by atoms with Crippen LogP contribution in [0.25, 0.3) is 0 Å². The van der Waals surface area contributed by atoms with Crippen LogP contribution in [0.2, 0.25) is 0 Å². The molecule has 0 amide bonds. The van der Waals surface area contributed by atoms with E-state index in [1.165, 1.54) is 14.2 Å². The van der Waals surface area contributed by atoms with E-state index in [0.717, 1.165) is 0 Å². The molecule has 94 valence electrons. The first-order valence-corrected chi connectivity index (χ1v) is 5.81. The molecule has 1 saturated heterocycles. The molecule has 0 spiro atoms. The number of methoxy groups -OCH3 is 2. The standard InChI is InChI=1S/C11H12BrFO4/c1-14-9-7(12)5-6(8(13)10(9)15-2)11-16-3-4-17-11/h5,11H,3-4H2,1-2H3. The molecule has 2 rings (SSSR count). The summed E-state index contributed by atoms with van der Waals surface area (Å²) in [7, 11) is 2.83. The Kier molecular flexibility index (Phi) is 3.86. The van der Waals surface area contributed by atoms with E-state index in [1.807, 2.05) is 0 Å². The summed E-state index contributed by atoms with van der Waals surface area (Å²) in [6.45, 7) is 0.909. The Morgan fingerprint density at radius 2 is 1.82 bits per heavy atom. The number of hydrogen-bond acceptors (Lipinski definition) is 4.